The summed E-state index contributed by atoms with van der Waals surface area (Å²) in [5, 5.41) is 6.25. The number of benzene rings is 1. The maximum absolute atomic E-state index is 12.3. The molecule has 2 N–H and O–H groups in total. The molecular formula is C18H22N4O2. The Labute approximate surface area is 141 Å². The van der Waals surface area contributed by atoms with Gasteiger partial charge >= 0.3 is 0 Å². The second-order valence-corrected chi connectivity index (χ2v) is 5.94. The molecule has 1 aliphatic carbocycles. The SMILES string of the molecule is COc1ccc(CNc2cc(C(=O)NC3CCCC3)ncn2)cc1. The monoisotopic (exact) mass is 326 g/mol. The molecule has 126 valence electrons. The number of hydrogen-bond acceptors (Lipinski definition) is 5. The van der Waals surface area contributed by atoms with Crippen molar-refractivity contribution in [3.05, 3.63) is 47.9 Å². The van der Waals surface area contributed by atoms with Crippen LogP contribution < -0.4 is 15.4 Å². The highest BCUT2D eigenvalue weighted by Gasteiger charge is 2.18. The first-order valence-corrected chi connectivity index (χ1v) is 8.24. The van der Waals surface area contributed by atoms with Gasteiger partial charge in [0.15, 0.2) is 0 Å². The fourth-order valence-electron chi connectivity index (χ4n) is 2.84. The maximum atomic E-state index is 12.3. The van der Waals surface area contributed by atoms with Crippen LogP contribution in [-0.4, -0.2) is 29.0 Å². The first kappa shape index (κ1) is 16.2. The van der Waals surface area contributed by atoms with E-state index in [9.17, 15) is 4.79 Å². The lowest BCUT2D eigenvalue weighted by Crippen LogP contribution is -2.33. The molecule has 1 aromatic carbocycles. The van der Waals surface area contributed by atoms with Gasteiger partial charge in [0.25, 0.3) is 5.91 Å². The second-order valence-electron chi connectivity index (χ2n) is 5.94. The third kappa shape index (κ3) is 4.22. The zero-order valence-electron chi connectivity index (χ0n) is 13.8. The summed E-state index contributed by atoms with van der Waals surface area (Å²) < 4.78 is 5.14. The van der Waals surface area contributed by atoms with E-state index in [-0.39, 0.29) is 11.9 Å². The summed E-state index contributed by atoms with van der Waals surface area (Å²) in [4.78, 5) is 20.5. The van der Waals surface area contributed by atoms with Crippen LogP contribution in [0.25, 0.3) is 0 Å². The van der Waals surface area contributed by atoms with Crippen LogP contribution in [0.3, 0.4) is 0 Å². The number of rotatable bonds is 6. The zero-order valence-corrected chi connectivity index (χ0v) is 13.8. The van der Waals surface area contributed by atoms with Crippen molar-refractivity contribution in [2.45, 2.75) is 38.3 Å². The fraction of sp³-hybridized carbons (Fsp3) is 0.389. The van der Waals surface area contributed by atoms with Gasteiger partial charge in [0, 0.05) is 18.7 Å². The van der Waals surface area contributed by atoms with Crippen LogP contribution in [0, 0.1) is 0 Å². The average Bonchev–Trinajstić information content (AvgIpc) is 3.13. The van der Waals surface area contributed by atoms with Crippen LogP contribution in [0.4, 0.5) is 5.82 Å². The van der Waals surface area contributed by atoms with Crippen molar-refractivity contribution in [1.29, 1.82) is 0 Å². The summed E-state index contributed by atoms with van der Waals surface area (Å²) in [6.07, 6.45) is 5.89. The van der Waals surface area contributed by atoms with E-state index in [0.29, 0.717) is 18.1 Å². The minimum Gasteiger partial charge on any atom is -0.497 e. The lowest BCUT2D eigenvalue weighted by molar-refractivity contribution is 0.0932. The summed E-state index contributed by atoms with van der Waals surface area (Å²) >= 11 is 0. The van der Waals surface area contributed by atoms with Crippen molar-refractivity contribution in [3.63, 3.8) is 0 Å². The van der Waals surface area contributed by atoms with Crippen LogP contribution in [-0.2, 0) is 6.54 Å². The largest absolute Gasteiger partial charge is 0.497 e. The van der Waals surface area contributed by atoms with Crippen LogP contribution in [0.15, 0.2) is 36.7 Å². The molecule has 1 saturated carbocycles. The molecule has 0 unspecified atom stereocenters. The molecule has 1 heterocycles. The van der Waals surface area contributed by atoms with E-state index in [1.54, 1.807) is 13.2 Å². The molecule has 6 heteroatoms. The number of carbonyl (C=O) groups excluding carboxylic acids is 1. The van der Waals surface area contributed by atoms with Crippen molar-refractivity contribution in [3.8, 4) is 5.75 Å². The molecule has 3 rings (SSSR count). The quantitative estimate of drug-likeness (QED) is 0.853. The van der Waals surface area contributed by atoms with E-state index >= 15 is 0 Å². The highest BCUT2D eigenvalue weighted by atomic mass is 16.5. The number of hydrogen-bond donors (Lipinski definition) is 2. The zero-order chi connectivity index (χ0) is 16.8. The first-order valence-electron chi connectivity index (χ1n) is 8.24. The van der Waals surface area contributed by atoms with Crippen LogP contribution in [0.1, 0.15) is 41.7 Å². The lowest BCUT2D eigenvalue weighted by Gasteiger charge is -2.12. The fourth-order valence-corrected chi connectivity index (χ4v) is 2.84. The van der Waals surface area contributed by atoms with Gasteiger partial charge in [-0.25, -0.2) is 9.97 Å². The molecule has 0 saturated heterocycles. The maximum Gasteiger partial charge on any atom is 0.270 e. The molecule has 1 aromatic heterocycles. The van der Waals surface area contributed by atoms with Gasteiger partial charge in [-0.05, 0) is 30.5 Å². The molecule has 0 aliphatic heterocycles. The Kier molecular flexibility index (Phi) is 5.25. The van der Waals surface area contributed by atoms with Gasteiger partial charge < -0.3 is 15.4 Å². The Bertz CT molecular complexity index is 682. The highest BCUT2D eigenvalue weighted by molar-refractivity contribution is 5.93. The number of ether oxygens (including phenoxy) is 1. The number of methoxy groups -OCH3 is 1. The summed E-state index contributed by atoms with van der Waals surface area (Å²) in [7, 11) is 1.65. The Morgan fingerprint density at radius 3 is 2.67 bits per heavy atom. The highest BCUT2D eigenvalue weighted by Crippen LogP contribution is 2.18. The Balaban J connectivity index is 1.58. The molecule has 0 atom stereocenters. The minimum absolute atomic E-state index is 0.128. The van der Waals surface area contributed by atoms with Gasteiger partial charge in [0.1, 0.15) is 23.6 Å². The standard InChI is InChI=1S/C18H22N4O2/c1-24-15-8-6-13(7-9-15)11-19-17-10-16(20-12-21-17)18(23)22-14-4-2-3-5-14/h6-10,12,14H,2-5,11H2,1H3,(H,22,23)(H,19,20,21). The van der Waals surface area contributed by atoms with Crippen molar-refractivity contribution < 1.29 is 9.53 Å². The van der Waals surface area contributed by atoms with E-state index < -0.39 is 0 Å². The van der Waals surface area contributed by atoms with Gasteiger partial charge in [-0.15, -0.1) is 0 Å². The molecule has 6 nitrogen and oxygen atoms in total. The van der Waals surface area contributed by atoms with Crippen molar-refractivity contribution in [2.75, 3.05) is 12.4 Å². The van der Waals surface area contributed by atoms with E-state index in [0.717, 1.165) is 24.2 Å². The molecule has 1 fully saturated rings. The number of aromatic nitrogens is 2. The second kappa shape index (κ2) is 7.77. The van der Waals surface area contributed by atoms with Crippen LogP contribution in [0.2, 0.25) is 0 Å². The summed E-state index contributed by atoms with van der Waals surface area (Å²) in [5.74, 6) is 1.33. The molecule has 0 spiro atoms. The van der Waals surface area contributed by atoms with Gasteiger partial charge in [-0.1, -0.05) is 25.0 Å². The molecular weight excluding hydrogens is 304 g/mol. The molecule has 24 heavy (non-hydrogen) atoms. The van der Waals surface area contributed by atoms with E-state index in [1.165, 1.54) is 19.2 Å². The predicted molar refractivity (Wildman–Crippen MR) is 92.1 cm³/mol. The Morgan fingerprint density at radius 2 is 1.96 bits per heavy atom. The first-order chi connectivity index (χ1) is 11.7. The van der Waals surface area contributed by atoms with Crippen molar-refractivity contribution in [2.24, 2.45) is 0 Å². The van der Waals surface area contributed by atoms with Gasteiger partial charge in [-0.2, -0.15) is 0 Å². The number of carbonyl (C=O) groups is 1. The van der Waals surface area contributed by atoms with Crippen LogP contribution >= 0.6 is 0 Å². The van der Waals surface area contributed by atoms with E-state index in [4.69, 9.17) is 4.74 Å². The van der Waals surface area contributed by atoms with Crippen molar-refractivity contribution >= 4 is 11.7 Å². The van der Waals surface area contributed by atoms with Crippen LogP contribution in [0.5, 0.6) is 5.75 Å². The summed E-state index contributed by atoms with van der Waals surface area (Å²) in [6.45, 7) is 0.616. The molecule has 2 aromatic rings. The van der Waals surface area contributed by atoms with E-state index in [1.807, 2.05) is 24.3 Å². The number of nitrogens with zero attached hydrogens (tertiary/aromatic N) is 2. The summed E-state index contributed by atoms with van der Waals surface area (Å²) in [5.41, 5.74) is 1.50. The summed E-state index contributed by atoms with van der Waals surface area (Å²) in [6, 6.07) is 9.77. The minimum atomic E-state index is -0.128. The van der Waals surface area contributed by atoms with Gasteiger partial charge in [0.05, 0.1) is 7.11 Å². The third-order valence-corrected chi connectivity index (χ3v) is 4.22. The molecule has 1 aliphatic rings. The number of anilines is 1. The van der Waals surface area contributed by atoms with Crippen molar-refractivity contribution in [1.82, 2.24) is 15.3 Å². The van der Waals surface area contributed by atoms with Gasteiger partial charge in [-0.3, -0.25) is 4.79 Å². The molecule has 0 bridgehead atoms. The van der Waals surface area contributed by atoms with E-state index in [2.05, 4.69) is 20.6 Å². The molecule has 0 radical (unpaired) electrons. The number of amides is 1. The Hall–Kier alpha value is -2.63. The Morgan fingerprint density at radius 1 is 1.21 bits per heavy atom. The topological polar surface area (TPSA) is 76.1 Å². The average molecular weight is 326 g/mol. The predicted octanol–water partition coefficient (Wildman–Crippen LogP) is 2.77. The normalized spacial score (nSPS) is 14.4. The third-order valence-electron chi connectivity index (χ3n) is 4.22. The number of nitrogens with one attached hydrogen (secondary N) is 2. The molecule has 1 amide bonds. The smallest absolute Gasteiger partial charge is 0.270 e. The lowest BCUT2D eigenvalue weighted by atomic mass is 10.2. The van der Waals surface area contributed by atoms with Gasteiger partial charge in [0.2, 0.25) is 0 Å².